The number of aliphatic imine (C=N–C) groups is 1. The van der Waals surface area contributed by atoms with Crippen molar-refractivity contribution >= 4 is 11.5 Å². The first-order chi connectivity index (χ1) is 7.81. The predicted octanol–water partition coefficient (Wildman–Crippen LogP) is 2.87. The molecule has 1 aliphatic heterocycles. The molecule has 0 amide bonds. The number of hydrogen-bond acceptors (Lipinski definition) is 3. The Morgan fingerprint density at radius 2 is 2.38 bits per heavy atom. The van der Waals surface area contributed by atoms with E-state index in [9.17, 15) is 0 Å². The van der Waals surface area contributed by atoms with E-state index >= 15 is 0 Å². The number of nitrogens with zero attached hydrogens (tertiary/aromatic N) is 2. The first-order valence-corrected chi connectivity index (χ1v) is 6.06. The molecule has 1 aromatic heterocycles. The zero-order chi connectivity index (χ0) is 11.4. The van der Waals surface area contributed by atoms with Gasteiger partial charge in [-0.1, -0.05) is 6.92 Å². The Kier molecular flexibility index (Phi) is 3.54. The van der Waals surface area contributed by atoms with E-state index in [1.807, 2.05) is 12.3 Å². The van der Waals surface area contributed by atoms with Crippen LogP contribution in [-0.4, -0.2) is 23.3 Å². The molecule has 3 heteroatoms. The van der Waals surface area contributed by atoms with Crippen LogP contribution in [0.1, 0.15) is 38.7 Å². The van der Waals surface area contributed by atoms with Crippen molar-refractivity contribution in [1.82, 2.24) is 4.98 Å². The lowest BCUT2D eigenvalue weighted by Gasteiger charge is -2.15. The van der Waals surface area contributed by atoms with Crippen molar-refractivity contribution in [3.05, 3.63) is 23.9 Å². The summed E-state index contributed by atoms with van der Waals surface area (Å²) in [7, 11) is 0. The fourth-order valence-electron chi connectivity index (χ4n) is 1.85. The summed E-state index contributed by atoms with van der Waals surface area (Å²) in [6.45, 7) is 5.31. The third kappa shape index (κ3) is 2.40. The molecule has 1 aromatic rings. The van der Waals surface area contributed by atoms with Crippen LogP contribution < -0.4 is 5.32 Å². The molecular formula is C13H19N3. The van der Waals surface area contributed by atoms with Gasteiger partial charge >= 0.3 is 0 Å². The van der Waals surface area contributed by atoms with E-state index in [4.69, 9.17) is 0 Å². The Hall–Kier alpha value is -1.38. The van der Waals surface area contributed by atoms with E-state index in [2.05, 4.69) is 35.2 Å². The lowest BCUT2D eigenvalue weighted by atomic mass is 10.1. The molecule has 86 valence electrons. The van der Waals surface area contributed by atoms with Gasteiger partial charge in [0.05, 0.1) is 0 Å². The monoisotopic (exact) mass is 217 g/mol. The summed E-state index contributed by atoms with van der Waals surface area (Å²) in [4.78, 5) is 8.96. The highest BCUT2D eigenvalue weighted by Gasteiger charge is 2.14. The molecule has 0 fully saturated rings. The Morgan fingerprint density at radius 3 is 3.06 bits per heavy atom. The van der Waals surface area contributed by atoms with E-state index < -0.39 is 0 Å². The molecule has 0 unspecified atom stereocenters. The smallest absolute Gasteiger partial charge is 0.135 e. The molecule has 0 aromatic carbocycles. The molecule has 0 saturated carbocycles. The number of hydrogen-bond donors (Lipinski definition) is 1. The van der Waals surface area contributed by atoms with E-state index in [1.54, 1.807) is 0 Å². The number of rotatable bonds is 4. The summed E-state index contributed by atoms with van der Waals surface area (Å²) < 4.78 is 0. The van der Waals surface area contributed by atoms with Gasteiger partial charge in [-0.15, -0.1) is 0 Å². The first-order valence-electron chi connectivity index (χ1n) is 6.06. The number of nitrogens with one attached hydrogen (secondary N) is 1. The first kappa shape index (κ1) is 11.1. The molecule has 0 radical (unpaired) electrons. The van der Waals surface area contributed by atoms with Crippen LogP contribution >= 0.6 is 0 Å². The van der Waals surface area contributed by atoms with Crippen molar-refractivity contribution in [3.8, 4) is 0 Å². The summed E-state index contributed by atoms with van der Waals surface area (Å²) in [5.74, 6) is 0.984. The molecule has 1 N–H and O–H groups in total. The van der Waals surface area contributed by atoms with Gasteiger partial charge in [-0.3, -0.25) is 4.99 Å². The highest BCUT2D eigenvalue weighted by Crippen LogP contribution is 2.20. The van der Waals surface area contributed by atoms with Crippen LogP contribution in [0, 0.1) is 0 Å². The SMILES string of the molecule is CC[C@@H](C)Nc1ncccc1C1=NCCC1. The molecule has 0 aliphatic carbocycles. The van der Waals surface area contributed by atoms with E-state index in [1.165, 1.54) is 17.7 Å². The summed E-state index contributed by atoms with van der Waals surface area (Å²) >= 11 is 0. The quantitative estimate of drug-likeness (QED) is 0.842. The largest absolute Gasteiger partial charge is 0.367 e. The van der Waals surface area contributed by atoms with E-state index in [-0.39, 0.29) is 0 Å². The molecule has 16 heavy (non-hydrogen) atoms. The van der Waals surface area contributed by atoms with Gasteiger partial charge in [0.1, 0.15) is 5.82 Å². The molecular weight excluding hydrogens is 198 g/mol. The minimum Gasteiger partial charge on any atom is -0.367 e. The molecule has 0 bridgehead atoms. The van der Waals surface area contributed by atoms with Gasteiger partial charge in [0.15, 0.2) is 0 Å². The molecule has 1 atom stereocenters. The molecule has 2 rings (SSSR count). The normalized spacial score (nSPS) is 17.0. The Labute approximate surface area is 97.0 Å². The highest BCUT2D eigenvalue weighted by molar-refractivity contribution is 6.05. The third-order valence-corrected chi connectivity index (χ3v) is 2.99. The van der Waals surface area contributed by atoms with Crippen molar-refractivity contribution in [2.75, 3.05) is 11.9 Å². The van der Waals surface area contributed by atoms with Gasteiger partial charge in [-0.2, -0.15) is 0 Å². The fraction of sp³-hybridized carbons (Fsp3) is 0.538. The Morgan fingerprint density at radius 1 is 1.50 bits per heavy atom. The zero-order valence-electron chi connectivity index (χ0n) is 10.0. The summed E-state index contributed by atoms with van der Waals surface area (Å²) in [5, 5.41) is 3.45. The van der Waals surface area contributed by atoms with Gasteiger partial charge in [-0.05, 0) is 38.3 Å². The lowest BCUT2D eigenvalue weighted by Crippen LogP contribution is -2.17. The second-order valence-electron chi connectivity index (χ2n) is 4.29. The van der Waals surface area contributed by atoms with Gasteiger partial charge in [0, 0.05) is 30.1 Å². The summed E-state index contributed by atoms with van der Waals surface area (Å²) in [6.07, 6.45) is 5.19. The van der Waals surface area contributed by atoms with Crippen molar-refractivity contribution in [2.45, 2.75) is 39.2 Å². The summed E-state index contributed by atoms with van der Waals surface area (Å²) in [6, 6.07) is 4.55. The van der Waals surface area contributed by atoms with Gasteiger partial charge in [0.2, 0.25) is 0 Å². The second-order valence-corrected chi connectivity index (χ2v) is 4.29. The minimum absolute atomic E-state index is 0.454. The zero-order valence-corrected chi connectivity index (χ0v) is 10.0. The molecule has 2 heterocycles. The number of aromatic nitrogens is 1. The summed E-state index contributed by atoms with van der Waals surface area (Å²) in [5.41, 5.74) is 2.39. The molecule has 0 saturated heterocycles. The Balaban J connectivity index is 2.23. The van der Waals surface area contributed by atoms with Gasteiger partial charge < -0.3 is 5.32 Å². The maximum absolute atomic E-state index is 4.54. The topological polar surface area (TPSA) is 37.3 Å². The number of anilines is 1. The third-order valence-electron chi connectivity index (χ3n) is 2.99. The van der Waals surface area contributed by atoms with Crippen LogP contribution in [0.25, 0.3) is 0 Å². The maximum Gasteiger partial charge on any atom is 0.135 e. The van der Waals surface area contributed by atoms with Crippen molar-refractivity contribution in [1.29, 1.82) is 0 Å². The van der Waals surface area contributed by atoms with Gasteiger partial charge in [-0.25, -0.2) is 4.98 Å². The minimum atomic E-state index is 0.454. The van der Waals surface area contributed by atoms with Crippen LogP contribution in [0.2, 0.25) is 0 Å². The lowest BCUT2D eigenvalue weighted by molar-refractivity contribution is 0.759. The van der Waals surface area contributed by atoms with Crippen LogP contribution in [-0.2, 0) is 0 Å². The standard InChI is InChI=1S/C13H19N3/c1-3-10(2)16-13-11(6-4-9-15-13)12-7-5-8-14-12/h4,6,9-10H,3,5,7-8H2,1-2H3,(H,15,16)/t10-/m1/s1. The van der Waals surface area contributed by atoms with E-state index in [0.717, 1.165) is 25.2 Å². The second kappa shape index (κ2) is 5.10. The van der Waals surface area contributed by atoms with E-state index in [0.29, 0.717) is 6.04 Å². The van der Waals surface area contributed by atoms with Crippen LogP contribution in [0.3, 0.4) is 0 Å². The van der Waals surface area contributed by atoms with Crippen molar-refractivity contribution < 1.29 is 0 Å². The molecule has 3 nitrogen and oxygen atoms in total. The maximum atomic E-state index is 4.54. The highest BCUT2D eigenvalue weighted by atomic mass is 15.0. The van der Waals surface area contributed by atoms with Crippen LogP contribution in [0.4, 0.5) is 5.82 Å². The molecule has 1 aliphatic rings. The average molecular weight is 217 g/mol. The fourth-order valence-corrected chi connectivity index (χ4v) is 1.85. The number of pyridine rings is 1. The predicted molar refractivity (Wildman–Crippen MR) is 68.3 cm³/mol. The van der Waals surface area contributed by atoms with Gasteiger partial charge in [0.25, 0.3) is 0 Å². The van der Waals surface area contributed by atoms with Crippen LogP contribution in [0.5, 0.6) is 0 Å². The Bertz CT molecular complexity index is 385. The average Bonchev–Trinajstić information content (AvgIpc) is 2.83. The van der Waals surface area contributed by atoms with Crippen LogP contribution in [0.15, 0.2) is 23.3 Å². The molecule has 0 spiro atoms. The van der Waals surface area contributed by atoms with Crippen molar-refractivity contribution in [2.24, 2.45) is 4.99 Å². The van der Waals surface area contributed by atoms with Crippen molar-refractivity contribution in [3.63, 3.8) is 0 Å².